The lowest BCUT2D eigenvalue weighted by Gasteiger charge is -2.30. The second kappa shape index (κ2) is 10.4. The second-order valence-electron chi connectivity index (χ2n) is 7.28. The monoisotopic (exact) mass is 421 g/mol. The first-order valence-corrected chi connectivity index (χ1v) is 11.6. The fourth-order valence-electron chi connectivity index (χ4n) is 3.06. The molecule has 3 rings (SSSR count). The minimum Gasteiger partial charge on any atom is -0.474 e. The summed E-state index contributed by atoms with van der Waals surface area (Å²) < 4.78 is 23.9. The van der Waals surface area contributed by atoms with Crippen LogP contribution in [0.2, 0.25) is 0 Å². The number of hydrogen-bond acceptors (Lipinski definition) is 6. The Labute approximate surface area is 176 Å². The van der Waals surface area contributed by atoms with Gasteiger partial charge in [0.25, 0.3) is 0 Å². The zero-order chi connectivity index (χ0) is 19.9. The molecule has 1 aliphatic rings. The van der Waals surface area contributed by atoms with Gasteiger partial charge in [0.1, 0.15) is 11.9 Å². The molecule has 152 valence electrons. The number of benzene rings is 1. The first-order chi connectivity index (χ1) is 13.5. The Hall–Kier alpha value is -1.44. The lowest BCUT2D eigenvalue weighted by Crippen LogP contribution is -2.34. The molecule has 0 aliphatic carbocycles. The van der Waals surface area contributed by atoms with Gasteiger partial charge in [-0.05, 0) is 67.3 Å². The third-order valence-electron chi connectivity index (χ3n) is 4.52. The summed E-state index contributed by atoms with van der Waals surface area (Å²) in [5.74, 6) is 0.953. The summed E-state index contributed by atoms with van der Waals surface area (Å²) in [5.41, 5.74) is 0.987. The van der Waals surface area contributed by atoms with Crippen LogP contribution in [0.5, 0.6) is 5.88 Å². The maximum atomic E-state index is 13.3. The van der Waals surface area contributed by atoms with Crippen LogP contribution < -0.4 is 9.04 Å². The van der Waals surface area contributed by atoms with Crippen molar-refractivity contribution in [1.29, 1.82) is 0 Å². The number of anilines is 1. The van der Waals surface area contributed by atoms with E-state index in [0.29, 0.717) is 11.8 Å². The van der Waals surface area contributed by atoms with Crippen LogP contribution in [0.15, 0.2) is 47.5 Å². The topological polar surface area (TPSA) is 28.6 Å². The average Bonchev–Trinajstić information content (AvgIpc) is 2.70. The molecule has 28 heavy (non-hydrogen) atoms. The number of ether oxygens (including phenoxy) is 1. The van der Waals surface area contributed by atoms with Gasteiger partial charge >= 0.3 is 0 Å². The van der Waals surface area contributed by atoms with E-state index in [1.165, 1.54) is 12.1 Å². The Morgan fingerprint density at radius 1 is 1.18 bits per heavy atom. The number of rotatable bonds is 8. The smallest absolute Gasteiger partial charge is 0.213 e. The number of piperidine rings is 1. The summed E-state index contributed by atoms with van der Waals surface area (Å²) in [5, 5.41) is 0. The maximum absolute atomic E-state index is 13.3. The summed E-state index contributed by atoms with van der Waals surface area (Å²) in [6.07, 6.45) is 6.28. The van der Waals surface area contributed by atoms with Crippen LogP contribution in [0.3, 0.4) is 0 Å². The predicted octanol–water partition coefficient (Wildman–Crippen LogP) is 5.51. The van der Waals surface area contributed by atoms with Gasteiger partial charge in [-0.3, -0.25) is 4.31 Å². The molecule has 0 radical (unpaired) electrons. The molecular formula is C21H28FN3OS2. The van der Waals surface area contributed by atoms with E-state index in [4.69, 9.17) is 4.74 Å². The molecule has 0 bridgehead atoms. The Bertz CT molecular complexity index is 719. The van der Waals surface area contributed by atoms with Gasteiger partial charge in [-0.15, -0.1) is 0 Å². The van der Waals surface area contributed by atoms with E-state index in [0.717, 1.165) is 43.1 Å². The van der Waals surface area contributed by atoms with Crippen molar-refractivity contribution >= 4 is 29.6 Å². The minimum absolute atomic E-state index is 0.218. The summed E-state index contributed by atoms with van der Waals surface area (Å²) in [6.45, 7) is 7.33. The van der Waals surface area contributed by atoms with Gasteiger partial charge in [-0.25, -0.2) is 9.37 Å². The summed E-state index contributed by atoms with van der Waals surface area (Å²) >= 11 is 3.42. The van der Waals surface area contributed by atoms with Crippen LogP contribution in [0.1, 0.15) is 26.7 Å². The number of halogens is 1. The van der Waals surface area contributed by atoms with Crippen molar-refractivity contribution in [3.8, 4) is 5.88 Å². The van der Waals surface area contributed by atoms with E-state index in [1.54, 1.807) is 23.9 Å². The van der Waals surface area contributed by atoms with E-state index in [-0.39, 0.29) is 11.9 Å². The van der Waals surface area contributed by atoms with Gasteiger partial charge in [0.2, 0.25) is 5.88 Å². The Morgan fingerprint density at radius 3 is 2.46 bits per heavy atom. The standard InChI is InChI=1S/C21H28FN3OS2/c1-16(2)15-25(18-6-4-17(22)5-7-18)28-20-8-9-21(23-14-20)26-19-10-12-24(27-3)13-11-19/h4-9,14,16,19H,10-13,15H2,1-3H3. The Morgan fingerprint density at radius 2 is 1.89 bits per heavy atom. The van der Waals surface area contributed by atoms with Crippen molar-refractivity contribution in [3.63, 3.8) is 0 Å². The normalized spacial score (nSPS) is 15.8. The number of hydrogen-bond donors (Lipinski definition) is 0. The molecule has 0 N–H and O–H groups in total. The highest BCUT2D eigenvalue weighted by Crippen LogP contribution is 2.30. The van der Waals surface area contributed by atoms with Crippen molar-refractivity contribution in [2.24, 2.45) is 5.92 Å². The van der Waals surface area contributed by atoms with E-state index in [1.807, 2.05) is 30.5 Å². The van der Waals surface area contributed by atoms with E-state index < -0.39 is 0 Å². The van der Waals surface area contributed by atoms with Crippen LogP contribution in [0.4, 0.5) is 10.1 Å². The molecule has 7 heteroatoms. The molecule has 0 saturated carbocycles. The largest absolute Gasteiger partial charge is 0.474 e. The highest BCUT2D eigenvalue weighted by atomic mass is 32.2. The first kappa shape index (κ1) is 21.3. The molecule has 0 amide bonds. The van der Waals surface area contributed by atoms with Gasteiger partial charge in [-0.1, -0.05) is 25.8 Å². The molecule has 0 unspecified atom stereocenters. The molecule has 4 nitrogen and oxygen atoms in total. The zero-order valence-electron chi connectivity index (χ0n) is 16.7. The van der Waals surface area contributed by atoms with Crippen LogP contribution in [-0.2, 0) is 0 Å². The Kier molecular flexibility index (Phi) is 7.88. The van der Waals surface area contributed by atoms with Crippen molar-refractivity contribution in [2.45, 2.75) is 37.7 Å². The van der Waals surface area contributed by atoms with Gasteiger partial charge in [0.05, 0.1) is 0 Å². The molecule has 1 saturated heterocycles. The van der Waals surface area contributed by atoms with Crippen LogP contribution in [0, 0.1) is 11.7 Å². The highest BCUT2D eigenvalue weighted by Gasteiger charge is 2.20. The molecule has 1 aliphatic heterocycles. The molecule has 1 aromatic carbocycles. The highest BCUT2D eigenvalue weighted by molar-refractivity contribution is 8.00. The molecule has 1 aromatic heterocycles. The van der Waals surface area contributed by atoms with E-state index >= 15 is 0 Å². The molecule has 1 fully saturated rings. The van der Waals surface area contributed by atoms with Crippen LogP contribution >= 0.6 is 23.9 Å². The molecular weight excluding hydrogens is 393 g/mol. The van der Waals surface area contributed by atoms with Crippen molar-refractivity contribution in [2.75, 3.05) is 30.2 Å². The molecule has 2 aromatic rings. The van der Waals surface area contributed by atoms with Gasteiger partial charge < -0.3 is 9.04 Å². The predicted molar refractivity (Wildman–Crippen MR) is 117 cm³/mol. The van der Waals surface area contributed by atoms with Gasteiger partial charge in [0, 0.05) is 42.5 Å². The van der Waals surface area contributed by atoms with Crippen LogP contribution in [0.25, 0.3) is 0 Å². The fourth-order valence-corrected chi connectivity index (χ4v) is 4.71. The lowest BCUT2D eigenvalue weighted by atomic mass is 10.1. The summed E-state index contributed by atoms with van der Waals surface area (Å²) in [4.78, 5) is 5.54. The van der Waals surface area contributed by atoms with E-state index in [2.05, 4.69) is 33.7 Å². The maximum Gasteiger partial charge on any atom is 0.213 e. The average molecular weight is 422 g/mol. The summed E-state index contributed by atoms with van der Waals surface area (Å²) in [7, 11) is 0. The number of aromatic nitrogens is 1. The minimum atomic E-state index is -0.218. The fraction of sp³-hybridized carbons (Fsp3) is 0.476. The van der Waals surface area contributed by atoms with E-state index in [9.17, 15) is 4.39 Å². The second-order valence-corrected chi connectivity index (χ2v) is 9.26. The van der Waals surface area contributed by atoms with Crippen LogP contribution in [-0.4, -0.2) is 41.3 Å². The first-order valence-electron chi connectivity index (χ1n) is 9.66. The quantitative estimate of drug-likeness (QED) is 0.522. The van der Waals surface area contributed by atoms with Crippen molar-refractivity contribution in [1.82, 2.24) is 9.29 Å². The third-order valence-corrected chi connectivity index (χ3v) is 6.43. The third kappa shape index (κ3) is 6.29. The van der Waals surface area contributed by atoms with Crippen molar-refractivity contribution in [3.05, 3.63) is 48.4 Å². The molecule has 2 heterocycles. The molecule has 0 spiro atoms. The van der Waals surface area contributed by atoms with Gasteiger partial charge in [0.15, 0.2) is 0 Å². The SMILES string of the molecule is CSN1CCC(Oc2ccc(SN(CC(C)C)c3ccc(F)cc3)cn2)CC1. The number of pyridine rings is 1. The Balaban J connectivity index is 1.60. The van der Waals surface area contributed by atoms with Gasteiger partial charge in [-0.2, -0.15) is 0 Å². The number of nitrogens with zero attached hydrogens (tertiary/aromatic N) is 3. The summed E-state index contributed by atoms with van der Waals surface area (Å²) in [6, 6.07) is 10.6. The molecule has 0 atom stereocenters. The van der Waals surface area contributed by atoms with Crippen molar-refractivity contribution < 1.29 is 9.13 Å². The zero-order valence-corrected chi connectivity index (χ0v) is 18.3. The lowest BCUT2D eigenvalue weighted by molar-refractivity contribution is 0.133.